The van der Waals surface area contributed by atoms with E-state index < -0.39 is 6.43 Å². The number of hydrogen-bond acceptors (Lipinski definition) is 2. The maximum Gasteiger partial charge on any atom is 0.265 e. The van der Waals surface area contributed by atoms with Crippen LogP contribution in [0.4, 0.5) is 8.78 Å². The number of rotatable bonds is 2. The first-order valence-electron chi connectivity index (χ1n) is 3.55. The molecular weight excluding hydrogens is 369 g/mol. The van der Waals surface area contributed by atoms with Crippen molar-refractivity contribution in [3.63, 3.8) is 0 Å². The number of pyridine rings is 1. The molecule has 74 valence electrons. The van der Waals surface area contributed by atoms with Gasteiger partial charge in [0.1, 0.15) is 3.70 Å². The fourth-order valence-electron chi connectivity index (χ4n) is 0.975. The fraction of sp³-hybridized carbons (Fsp3) is 0.250. The Morgan fingerprint density at radius 2 is 2.29 bits per heavy atom. The first-order valence-corrected chi connectivity index (χ1v) is 5.43. The molecule has 1 heterocycles. The number of aromatic nitrogens is 1. The average Bonchev–Trinajstić information content (AvgIpc) is 2.11. The Bertz CT molecular complexity index is 390. The minimum Gasteiger partial charge on any atom is -0.249 e. The molecule has 2 nitrogen and oxygen atoms in total. The van der Waals surface area contributed by atoms with Crippen LogP contribution in [0.2, 0.25) is 0 Å². The van der Waals surface area contributed by atoms with Gasteiger partial charge < -0.3 is 0 Å². The predicted octanol–water partition coefficient (Wildman–Crippen LogP) is 3.45. The van der Waals surface area contributed by atoms with Crippen LogP contribution >= 0.6 is 38.5 Å². The molecule has 0 N–H and O–H groups in total. The predicted molar refractivity (Wildman–Crippen MR) is 58.9 cm³/mol. The molecule has 0 aliphatic rings. The highest BCUT2D eigenvalue weighted by Crippen LogP contribution is 2.32. The van der Waals surface area contributed by atoms with Crippen LogP contribution in [0.5, 0.6) is 0 Å². The number of alkyl halides is 2. The number of halogens is 4. The van der Waals surface area contributed by atoms with Gasteiger partial charge in [-0.15, -0.1) is 0 Å². The lowest BCUT2D eigenvalue weighted by Crippen LogP contribution is -1.99. The molecule has 0 saturated carbocycles. The van der Waals surface area contributed by atoms with Crippen molar-refractivity contribution in [1.82, 2.24) is 4.98 Å². The van der Waals surface area contributed by atoms with Crippen LogP contribution in [0.25, 0.3) is 0 Å². The summed E-state index contributed by atoms with van der Waals surface area (Å²) < 4.78 is 26.0. The Hall–Kier alpha value is -0.290. The van der Waals surface area contributed by atoms with Crippen LogP contribution in [0.1, 0.15) is 17.6 Å². The Balaban J connectivity index is 3.31. The molecule has 0 spiro atoms. The molecule has 0 unspecified atom stereocenters. The Morgan fingerprint density at radius 3 is 2.79 bits per heavy atom. The van der Waals surface area contributed by atoms with Crippen LogP contribution in [0.15, 0.2) is 10.7 Å². The Kier molecular flexibility index (Phi) is 4.19. The van der Waals surface area contributed by atoms with Crippen molar-refractivity contribution >= 4 is 38.5 Å². The summed E-state index contributed by atoms with van der Waals surface area (Å²) in [5.41, 5.74) is 0.140. The summed E-state index contributed by atoms with van der Waals surface area (Å²) in [5, 5.41) is 8.45. The van der Waals surface area contributed by atoms with Gasteiger partial charge in [0.05, 0.1) is 17.0 Å². The summed E-state index contributed by atoms with van der Waals surface area (Å²) in [6, 6.07) is 1.83. The van der Waals surface area contributed by atoms with Gasteiger partial charge in [0, 0.05) is 11.8 Å². The molecule has 1 aromatic rings. The highest BCUT2D eigenvalue weighted by atomic mass is 127. The Morgan fingerprint density at radius 1 is 1.64 bits per heavy atom. The van der Waals surface area contributed by atoms with Gasteiger partial charge >= 0.3 is 0 Å². The van der Waals surface area contributed by atoms with E-state index in [2.05, 4.69) is 20.9 Å². The topological polar surface area (TPSA) is 36.7 Å². The first-order chi connectivity index (χ1) is 6.57. The molecule has 0 amide bonds. The van der Waals surface area contributed by atoms with Gasteiger partial charge in [0.2, 0.25) is 0 Å². The van der Waals surface area contributed by atoms with Crippen LogP contribution in [0, 0.1) is 15.0 Å². The summed E-state index contributed by atoms with van der Waals surface area (Å²) in [7, 11) is 0. The van der Waals surface area contributed by atoms with Crippen LogP contribution in [-0.4, -0.2) is 4.98 Å². The lowest BCUT2D eigenvalue weighted by molar-refractivity contribution is 0.149. The quantitative estimate of drug-likeness (QED) is 0.589. The van der Waals surface area contributed by atoms with Crippen LogP contribution < -0.4 is 0 Å². The van der Waals surface area contributed by atoms with E-state index in [1.807, 2.05) is 28.7 Å². The maximum absolute atomic E-state index is 12.6. The summed E-state index contributed by atoms with van der Waals surface area (Å²) >= 11 is 4.90. The second-order valence-corrected chi connectivity index (χ2v) is 4.25. The lowest BCUT2D eigenvalue weighted by atomic mass is 10.1. The molecule has 0 aliphatic heterocycles. The maximum atomic E-state index is 12.6. The van der Waals surface area contributed by atoms with Crippen molar-refractivity contribution in [3.8, 4) is 6.07 Å². The molecule has 0 saturated heterocycles. The highest BCUT2D eigenvalue weighted by molar-refractivity contribution is 14.1. The molecule has 0 aliphatic carbocycles. The molecule has 0 aromatic carbocycles. The third-order valence-corrected chi connectivity index (χ3v) is 3.95. The molecule has 1 aromatic heterocycles. The fourth-order valence-corrected chi connectivity index (χ4v) is 1.93. The van der Waals surface area contributed by atoms with Crippen molar-refractivity contribution in [2.75, 3.05) is 0 Å². The third kappa shape index (κ3) is 2.39. The second kappa shape index (κ2) is 4.98. The molecule has 0 bridgehead atoms. The summed E-state index contributed by atoms with van der Waals surface area (Å²) in [6.45, 7) is 0. The standard InChI is InChI=1S/C8H4BrF2IN2/c9-6-5(7(10)11)4(1-2-13)3-14-8(6)12/h3,7H,1H2. The first kappa shape index (κ1) is 11.8. The van der Waals surface area contributed by atoms with Crippen molar-refractivity contribution in [2.24, 2.45) is 0 Å². The van der Waals surface area contributed by atoms with E-state index in [1.165, 1.54) is 6.20 Å². The zero-order chi connectivity index (χ0) is 10.7. The van der Waals surface area contributed by atoms with Crippen molar-refractivity contribution in [2.45, 2.75) is 12.8 Å². The van der Waals surface area contributed by atoms with E-state index in [4.69, 9.17) is 5.26 Å². The van der Waals surface area contributed by atoms with Crippen molar-refractivity contribution in [1.29, 1.82) is 5.26 Å². The molecule has 0 radical (unpaired) electrons. The summed E-state index contributed by atoms with van der Waals surface area (Å²) in [5.74, 6) is 0. The SMILES string of the molecule is N#CCc1cnc(I)c(Br)c1C(F)F. The largest absolute Gasteiger partial charge is 0.265 e. The van der Waals surface area contributed by atoms with E-state index in [1.54, 1.807) is 0 Å². The molecule has 6 heteroatoms. The van der Waals surface area contributed by atoms with Gasteiger partial charge in [-0.1, -0.05) is 0 Å². The van der Waals surface area contributed by atoms with Crippen molar-refractivity contribution in [3.05, 3.63) is 25.5 Å². The number of nitriles is 1. The second-order valence-electron chi connectivity index (χ2n) is 2.44. The van der Waals surface area contributed by atoms with Gasteiger partial charge in [-0.2, -0.15) is 5.26 Å². The van der Waals surface area contributed by atoms with Crippen LogP contribution in [0.3, 0.4) is 0 Å². The van der Waals surface area contributed by atoms with E-state index in [0.29, 0.717) is 3.70 Å². The number of hydrogen-bond donors (Lipinski definition) is 0. The van der Waals surface area contributed by atoms with E-state index in [9.17, 15) is 8.78 Å². The average molecular weight is 373 g/mol. The number of nitrogens with zero attached hydrogens (tertiary/aromatic N) is 2. The summed E-state index contributed by atoms with van der Waals surface area (Å²) in [6.07, 6.45) is -1.33. The molecule has 0 atom stereocenters. The minimum absolute atomic E-state index is 0.0534. The Labute approximate surface area is 102 Å². The van der Waals surface area contributed by atoms with Gasteiger partial charge in [-0.3, -0.25) is 0 Å². The van der Waals surface area contributed by atoms with Crippen LogP contribution in [-0.2, 0) is 6.42 Å². The van der Waals surface area contributed by atoms with E-state index in [0.717, 1.165) is 0 Å². The molecular formula is C8H4BrF2IN2. The van der Waals surface area contributed by atoms with Gasteiger partial charge in [-0.25, -0.2) is 13.8 Å². The molecule has 14 heavy (non-hydrogen) atoms. The zero-order valence-electron chi connectivity index (χ0n) is 6.77. The molecule has 0 fully saturated rings. The van der Waals surface area contributed by atoms with E-state index >= 15 is 0 Å². The summed E-state index contributed by atoms with van der Waals surface area (Å²) in [4.78, 5) is 3.90. The smallest absolute Gasteiger partial charge is 0.249 e. The zero-order valence-corrected chi connectivity index (χ0v) is 10.5. The monoisotopic (exact) mass is 372 g/mol. The normalized spacial score (nSPS) is 10.3. The third-order valence-electron chi connectivity index (χ3n) is 1.58. The van der Waals surface area contributed by atoms with Gasteiger partial charge in [0.15, 0.2) is 0 Å². The van der Waals surface area contributed by atoms with Crippen molar-refractivity contribution < 1.29 is 8.78 Å². The van der Waals surface area contributed by atoms with Gasteiger partial charge in [-0.05, 0) is 44.1 Å². The van der Waals surface area contributed by atoms with E-state index in [-0.39, 0.29) is 22.0 Å². The minimum atomic E-state index is -2.59. The lowest BCUT2D eigenvalue weighted by Gasteiger charge is -2.08. The molecule has 1 rings (SSSR count). The van der Waals surface area contributed by atoms with Gasteiger partial charge in [0.25, 0.3) is 6.43 Å². The highest BCUT2D eigenvalue weighted by Gasteiger charge is 2.19.